The molecule has 1 unspecified atom stereocenters. The summed E-state index contributed by atoms with van der Waals surface area (Å²) in [4.78, 5) is 33.7. The molecule has 1 aromatic rings. The van der Waals surface area contributed by atoms with Crippen LogP contribution in [0.25, 0.3) is 0 Å². The van der Waals surface area contributed by atoms with Crippen LogP contribution < -0.4 is 5.32 Å². The topological polar surface area (TPSA) is 133 Å². The smallest absolute Gasteiger partial charge is 0.407 e. The molecule has 268 valence electrons. The largest absolute Gasteiger partial charge is 0.459 e. The lowest BCUT2D eigenvalue weighted by Gasteiger charge is -2.36. The van der Waals surface area contributed by atoms with Crippen LogP contribution in [0.2, 0.25) is 0 Å². The van der Waals surface area contributed by atoms with Gasteiger partial charge in [0.05, 0.1) is 25.9 Å². The number of aliphatic hydroxyl groups excluding tert-OH is 1. The van der Waals surface area contributed by atoms with Gasteiger partial charge in [0.2, 0.25) is 0 Å². The summed E-state index contributed by atoms with van der Waals surface area (Å²) < 4.78 is 32.6. The molecule has 1 aliphatic rings. The van der Waals surface area contributed by atoms with Gasteiger partial charge in [0.15, 0.2) is 0 Å². The van der Waals surface area contributed by atoms with E-state index in [0.29, 0.717) is 52.4 Å². The lowest BCUT2D eigenvalue weighted by Crippen LogP contribution is -2.50. The Morgan fingerprint density at radius 1 is 0.872 bits per heavy atom. The number of β-amino-alcohol motifs (C(OH)–C–C–N with tert-alkyl or cyclic N) is 1. The first-order chi connectivity index (χ1) is 22.2. The van der Waals surface area contributed by atoms with Crippen LogP contribution in [0.15, 0.2) is 30.3 Å². The Kier molecular flexibility index (Phi) is 18.9. The zero-order valence-corrected chi connectivity index (χ0v) is 30.2. The van der Waals surface area contributed by atoms with Crippen LogP contribution in [0, 0.1) is 5.41 Å². The average molecular weight is 684 g/mol. The fraction of sp³-hybridized carbons (Fsp3) is 0.758. The molecule has 14 heteroatoms. The Labute approximate surface area is 283 Å². The quantitative estimate of drug-likeness (QED) is 0.160. The number of benzene rings is 1. The van der Waals surface area contributed by atoms with E-state index in [2.05, 4.69) is 40.8 Å². The number of nitrogens with zero attached hydrogens (tertiary/aromatic N) is 4. The number of hydrogen-bond donors (Lipinski definition) is 2. The van der Waals surface area contributed by atoms with Gasteiger partial charge in [0, 0.05) is 72.0 Å². The van der Waals surface area contributed by atoms with Crippen molar-refractivity contribution in [3.63, 3.8) is 0 Å². The van der Waals surface area contributed by atoms with E-state index in [0.717, 1.165) is 25.2 Å². The number of rotatable bonds is 15. The summed E-state index contributed by atoms with van der Waals surface area (Å²) in [7, 11) is -0.365. The van der Waals surface area contributed by atoms with E-state index in [1.54, 1.807) is 0 Å². The molecule has 1 aromatic carbocycles. The van der Waals surface area contributed by atoms with E-state index in [1.807, 2.05) is 56.0 Å². The number of nitrogens with one attached hydrogen (secondary N) is 1. The van der Waals surface area contributed by atoms with Crippen molar-refractivity contribution in [2.75, 3.05) is 98.5 Å². The molecule has 1 atom stereocenters. The molecule has 47 heavy (non-hydrogen) atoms. The van der Waals surface area contributed by atoms with Crippen LogP contribution in [-0.4, -0.2) is 147 Å². The van der Waals surface area contributed by atoms with Crippen molar-refractivity contribution in [2.45, 2.75) is 59.9 Å². The molecule has 1 aliphatic heterocycles. The number of esters is 1. The van der Waals surface area contributed by atoms with Gasteiger partial charge in [-0.1, -0.05) is 51.1 Å². The minimum Gasteiger partial charge on any atom is -0.459 e. The van der Waals surface area contributed by atoms with Crippen LogP contribution in [0.1, 0.15) is 47.1 Å². The highest BCUT2D eigenvalue weighted by Crippen LogP contribution is 2.16. The number of aliphatic hydroxyl groups is 1. The molecule has 0 radical (unpaired) electrons. The van der Waals surface area contributed by atoms with Gasteiger partial charge in [0.1, 0.15) is 18.9 Å². The maximum atomic E-state index is 12.8. The molecule has 1 heterocycles. The second-order valence-corrected chi connectivity index (χ2v) is 14.6. The molecule has 2 rings (SSSR count). The zero-order chi connectivity index (χ0) is 34.7. The number of carbonyl (C=O) groups excluding carboxylic acids is 2. The predicted molar refractivity (Wildman–Crippen MR) is 181 cm³/mol. The monoisotopic (exact) mass is 683 g/mol. The van der Waals surface area contributed by atoms with Crippen LogP contribution in [0.3, 0.4) is 0 Å². The minimum atomic E-state index is -0.820. The van der Waals surface area contributed by atoms with Crippen molar-refractivity contribution in [3.05, 3.63) is 35.9 Å². The van der Waals surface area contributed by atoms with E-state index < -0.39 is 17.8 Å². The molecular formula is C33H58N5O8P. The number of alkyl carbamates (subject to hydrolysis) is 1. The molecule has 13 nitrogen and oxygen atoms in total. The van der Waals surface area contributed by atoms with Crippen LogP contribution >= 0.6 is 8.69 Å². The normalized spacial score (nSPS) is 17.9. The van der Waals surface area contributed by atoms with Crippen molar-refractivity contribution in [3.8, 4) is 0 Å². The summed E-state index contributed by atoms with van der Waals surface area (Å²) in [5.41, 5.74) is 0.535. The molecule has 0 spiro atoms. The predicted octanol–water partition coefficient (Wildman–Crippen LogP) is 3.08. The number of amides is 1. The maximum Gasteiger partial charge on any atom is 0.407 e. The molecule has 1 fully saturated rings. The lowest BCUT2D eigenvalue weighted by molar-refractivity contribution is -0.156. The molecule has 1 amide bonds. The third-order valence-corrected chi connectivity index (χ3v) is 7.44. The molecular weight excluding hydrogens is 625 g/mol. The van der Waals surface area contributed by atoms with E-state index in [9.17, 15) is 19.3 Å². The van der Waals surface area contributed by atoms with E-state index in [1.165, 1.54) is 0 Å². The zero-order valence-electron chi connectivity index (χ0n) is 29.3. The summed E-state index contributed by atoms with van der Waals surface area (Å²) in [6.45, 7) is 19.9. The molecule has 0 aliphatic carbocycles. The van der Waals surface area contributed by atoms with E-state index in [4.69, 9.17) is 18.7 Å². The fourth-order valence-electron chi connectivity index (χ4n) is 5.11. The van der Waals surface area contributed by atoms with Gasteiger partial charge in [-0.05, 0) is 31.7 Å². The van der Waals surface area contributed by atoms with Gasteiger partial charge in [-0.2, -0.15) is 0 Å². The van der Waals surface area contributed by atoms with Crippen molar-refractivity contribution in [2.24, 2.45) is 5.41 Å². The first-order valence-corrected chi connectivity index (χ1v) is 17.2. The molecule has 0 aromatic heterocycles. The number of carbonyl (C=O) groups is 2. The van der Waals surface area contributed by atoms with Gasteiger partial charge in [-0.3, -0.25) is 24.0 Å². The van der Waals surface area contributed by atoms with Crippen LogP contribution in [0.5, 0.6) is 0 Å². The molecule has 1 saturated heterocycles. The van der Waals surface area contributed by atoms with Crippen LogP contribution in [0.4, 0.5) is 4.79 Å². The Morgan fingerprint density at radius 2 is 1.47 bits per heavy atom. The van der Waals surface area contributed by atoms with Crippen molar-refractivity contribution >= 4 is 20.7 Å². The summed E-state index contributed by atoms with van der Waals surface area (Å²) in [5, 5.41) is 13.5. The molecule has 0 bridgehead atoms. The number of hydrogen-bond acceptors (Lipinski definition) is 12. The first kappa shape index (κ1) is 41.0. The summed E-state index contributed by atoms with van der Waals surface area (Å²) in [6, 6.07) is 9.76. The standard InChI is InChI=1S/C33H58N5O8P/c1-32(2,3)26-37-16-14-35(23-29(39)22-34-31(41)44-21-20-43-25-28-10-8-7-9-11-28)12-13-36(24-30(40)46-33(4,5)6)15-18-38(19-17-37)27-45-47-42/h7-11,29,39H,12-27H2,1-6H3,(H,34,41). The Hall–Kier alpha value is -2.22. The highest BCUT2D eigenvalue weighted by Gasteiger charge is 2.24. The van der Waals surface area contributed by atoms with Crippen molar-refractivity contribution < 1.29 is 38.0 Å². The van der Waals surface area contributed by atoms with E-state index >= 15 is 0 Å². The minimum absolute atomic E-state index is 0.0432. The highest BCUT2D eigenvalue weighted by molar-refractivity contribution is 7.17. The summed E-state index contributed by atoms with van der Waals surface area (Å²) in [5.74, 6) is -0.304. The maximum absolute atomic E-state index is 12.8. The number of ether oxygens (including phenoxy) is 3. The first-order valence-electron chi connectivity index (χ1n) is 16.5. The SMILES string of the molecule is CC(C)(C)CN1CCN(COP=O)CCN(CC(=O)OC(C)(C)C)CCN(CC(O)CNC(=O)OCCOCc2ccccc2)CC1. The van der Waals surface area contributed by atoms with Gasteiger partial charge in [0.25, 0.3) is 0 Å². The Morgan fingerprint density at radius 3 is 2.06 bits per heavy atom. The van der Waals surface area contributed by atoms with Crippen molar-refractivity contribution in [1.29, 1.82) is 0 Å². The Balaban J connectivity index is 1.97. The Bertz CT molecular complexity index is 1040. The lowest BCUT2D eigenvalue weighted by atomic mass is 9.96. The molecule has 2 N–H and O–H groups in total. The fourth-order valence-corrected chi connectivity index (χ4v) is 5.32. The van der Waals surface area contributed by atoms with Crippen LogP contribution in [-0.2, 0) is 34.7 Å². The summed E-state index contributed by atoms with van der Waals surface area (Å²) >= 11 is 0. The average Bonchev–Trinajstić information content (AvgIpc) is 2.98. The van der Waals surface area contributed by atoms with Gasteiger partial charge in [-0.25, -0.2) is 9.36 Å². The van der Waals surface area contributed by atoms with Gasteiger partial charge >= 0.3 is 20.7 Å². The molecule has 0 saturated carbocycles. The second kappa shape index (κ2) is 21.7. The third kappa shape index (κ3) is 20.7. The van der Waals surface area contributed by atoms with E-state index in [-0.39, 0.29) is 53.1 Å². The highest BCUT2D eigenvalue weighted by atomic mass is 31.1. The van der Waals surface area contributed by atoms with Gasteiger partial charge in [-0.15, -0.1) is 0 Å². The van der Waals surface area contributed by atoms with Crippen molar-refractivity contribution in [1.82, 2.24) is 24.9 Å². The van der Waals surface area contributed by atoms with Gasteiger partial charge < -0.3 is 29.5 Å². The summed E-state index contributed by atoms with van der Waals surface area (Å²) in [6.07, 6.45) is -1.43. The third-order valence-electron chi connectivity index (χ3n) is 7.22. The second-order valence-electron chi connectivity index (χ2n) is 14.2.